The smallest absolute Gasteiger partial charge is 0.247 e. The molecule has 0 bridgehead atoms. The van der Waals surface area contributed by atoms with E-state index >= 15 is 0 Å². The van der Waals surface area contributed by atoms with Crippen LogP contribution in [0.2, 0.25) is 6.82 Å². The zero-order valence-electron chi connectivity index (χ0n) is 4.33. The van der Waals surface area contributed by atoms with E-state index in [2.05, 4.69) is 0 Å². The van der Waals surface area contributed by atoms with E-state index in [1.165, 1.54) is 0 Å². The molecule has 0 spiro atoms. The van der Waals surface area contributed by atoms with Gasteiger partial charge in [0.15, 0.2) is 0 Å². The number of hydrogen-bond donors (Lipinski definition) is 0. The van der Waals surface area contributed by atoms with E-state index in [1.54, 1.807) is 0 Å². The van der Waals surface area contributed by atoms with Crippen LogP contribution in [0.5, 0.6) is 0 Å². The van der Waals surface area contributed by atoms with Crippen molar-refractivity contribution < 1.29 is 0 Å². The fourth-order valence-corrected chi connectivity index (χ4v) is 0.520. The number of nitrogens with zero attached hydrogens (tertiary/aromatic N) is 1. The highest BCUT2D eigenvalue weighted by Gasteiger charge is 1.79. The molecule has 0 aliphatic heterocycles. The molecule has 0 amide bonds. The van der Waals surface area contributed by atoms with E-state index in [0.29, 0.717) is 0 Å². The summed E-state index contributed by atoms with van der Waals surface area (Å²) < 4.78 is 2.00. The third-order valence-electron chi connectivity index (χ3n) is 0.926. The first-order valence-electron chi connectivity index (χ1n) is 2.35. The summed E-state index contributed by atoms with van der Waals surface area (Å²) in [7, 11) is 2.00. The fourth-order valence-electron chi connectivity index (χ4n) is 0.520. The second-order valence-electron chi connectivity index (χ2n) is 1.39. The molecule has 1 nitrogen and oxygen atoms in total. The van der Waals surface area contributed by atoms with Crippen LogP contribution in [-0.4, -0.2) is 11.9 Å². The van der Waals surface area contributed by atoms with Gasteiger partial charge >= 0.3 is 0 Å². The molecule has 1 aromatic rings. The van der Waals surface area contributed by atoms with Crippen molar-refractivity contribution in [1.82, 2.24) is 4.48 Å². The Morgan fingerprint density at radius 3 is 2.14 bits per heavy atom. The molecule has 7 heavy (non-hydrogen) atoms. The van der Waals surface area contributed by atoms with Crippen molar-refractivity contribution in [3.8, 4) is 0 Å². The van der Waals surface area contributed by atoms with Crippen molar-refractivity contribution >= 4 is 7.41 Å². The highest BCUT2D eigenvalue weighted by atomic mass is 14.8. The van der Waals surface area contributed by atoms with Gasteiger partial charge in [0, 0.05) is 0 Å². The first-order valence-corrected chi connectivity index (χ1v) is 2.35. The van der Waals surface area contributed by atoms with E-state index in [-0.39, 0.29) is 0 Å². The Kier molecular flexibility index (Phi) is 1.20. The molecule has 0 aromatic carbocycles. The maximum Gasteiger partial charge on any atom is 0.247 e. The predicted octanol–water partition coefficient (Wildman–Crippen LogP) is 1.00. The van der Waals surface area contributed by atoms with E-state index in [1.807, 2.05) is 43.2 Å². The molecule has 2 heteroatoms. The van der Waals surface area contributed by atoms with Gasteiger partial charge in [-0.1, -0.05) is 6.82 Å². The molecule has 1 heterocycles. The van der Waals surface area contributed by atoms with Crippen LogP contribution < -0.4 is 0 Å². The monoisotopic (exact) mass is 92.1 g/mol. The summed E-state index contributed by atoms with van der Waals surface area (Å²) in [6, 6.07) is 4.00. The zero-order valence-corrected chi connectivity index (χ0v) is 4.33. The second-order valence-corrected chi connectivity index (χ2v) is 1.39. The number of hydrogen-bond acceptors (Lipinski definition) is 0. The maximum atomic E-state index is 2.00. The standard InChI is InChI=1S/C5H7BN/c1-6-7-4-2-3-5-7/h2-5H,1H3. The lowest BCUT2D eigenvalue weighted by molar-refractivity contribution is 1.24. The molecule has 0 saturated carbocycles. The van der Waals surface area contributed by atoms with Crippen molar-refractivity contribution in [1.29, 1.82) is 0 Å². The van der Waals surface area contributed by atoms with Crippen LogP contribution in [0.1, 0.15) is 0 Å². The molecular weight excluding hydrogens is 84.9 g/mol. The molecular formula is C5H7BN. The maximum absolute atomic E-state index is 2.00. The quantitative estimate of drug-likeness (QED) is 0.455. The summed E-state index contributed by atoms with van der Waals surface area (Å²) in [5.41, 5.74) is 0. The van der Waals surface area contributed by atoms with Crippen LogP contribution in [0, 0.1) is 0 Å². The van der Waals surface area contributed by atoms with Crippen LogP contribution >= 0.6 is 0 Å². The van der Waals surface area contributed by atoms with Crippen LogP contribution in [-0.2, 0) is 0 Å². The van der Waals surface area contributed by atoms with Gasteiger partial charge in [-0.15, -0.1) is 0 Å². The van der Waals surface area contributed by atoms with Gasteiger partial charge in [0.25, 0.3) is 0 Å². The molecule has 0 N–H and O–H groups in total. The van der Waals surface area contributed by atoms with Crippen LogP contribution in [0.15, 0.2) is 24.5 Å². The first-order chi connectivity index (χ1) is 3.43. The topological polar surface area (TPSA) is 4.93 Å². The van der Waals surface area contributed by atoms with Gasteiger partial charge in [0.05, 0.1) is 0 Å². The van der Waals surface area contributed by atoms with Crippen molar-refractivity contribution in [2.45, 2.75) is 6.82 Å². The number of rotatable bonds is 1. The van der Waals surface area contributed by atoms with Gasteiger partial charge < -0.3 is 4.48 Å². The molecule has 0 fully saturated rings. The Hall–Kier alpha value is -0.655. The average molecular weight is 91.9 g/mol. The van der Waals surface area contributed by atoms with Crippen LogP contribution in [0.3, 0.4) is 0 Å². The second kappa shape index (κ2) is 1.87. The third-order valence-corrected chi connectivity index (χ3v) is 0.926. The predicted molar refractivity (Wildman–Crippen MR) is 31.4 cm³/mol. The molecule has 0 aliphatic carbocycles. The summed E-state index contributed by atoms with van der Waals surface area (Å²) in [6.07, 6.45) is 4.00. The molecule has 1 radical (unpaired) electrons. The van der Waals surface area contributed by atoms with E-state index in [0.717, 1.165) is 0 Å². The van der Waals surface area contributed by atoms with Gasteiger partial charge in [-0.25, -0.2) is 0 Å². The largest absolute Gasteiger partial charge is 0.403 e. The minimum absolute atomic E-state index is 2.00. The Morgan fingerprint density at radius 1 is 1.29 bits per heavy atom. The zero-order chi connectivity index (χ0) is 5.11. The van der Waals surface area contributed by atoms with Crippen molar-refractivity contribution in [3.05, 3.63) is 24.5 Å². The highest BCUT2D eigenvalue weighted by molar-refractivity contribution is 6.31. The SMILES string of the molecule is C[B]n1cccc1. The minimum Gasteiger partial charge on any atom is -0.403 e. The van der Waals surface area contributed by atoms with E-state index < -0.39 is 0 Å². The normalized spacial score (nSPS) is 8.71. The van der Waals surface area contributed by atoms with Gasteiger partial charge in [0.2, 0.25) is 7.41 Å². The molecule has 0 aliphatic rings. The summed E-state index contributed by atoms with van der Waals surface area (Å²) in [4.78, 5) is 0. The molecule has 0 atom stereocenters. The van der Waals surface area contributed by atoms with E-state index in [4.69, 9.17) is 0 Å². The lowest BCUT2D eigenvalue weighted by Gasteiger charge is -1.87. The van der Waals surface area contributed by atoms with Gasteiger partial charge in [-0.3, -0.25) is 0 Å². The van der Waals surface area contributed by atoms with Crippen molar-refractivity contribution in [2.24, 2.45) is 0 Å². The summed E-state index contributed by atoms with van der Waals surface area (Å²) >= 11 is 0. The Morgan fingerprint density at radius 2 is 1.86 bits per heavy atom. The van der Waals surface area contributed by atoms with Gasteiger partial charge in [0.1, 0.15) is 0 Å². The summed E-state index contributed by atoms with van der Waals surface area (Å²) in [6.45, 7) is 2.00. The van der Waals surface area contributed by atoms with Crippen molar-refractivity contribution in [3.63, 3.8) is 0 Å². The lowest BCUT2D eigenvalue weighted by Crippen LogP contribution is -1.94. The van der Waals surface area contributed by atoms with Gasteiger partial charge in [-0.2, -0.15) is 0 Å². The average Bonchev–Trinajstić information content (AvgIpc) is 2.14. The van der Waals surface area contributed by atoms with Crippen LogP contribution in [0.25, 0.3) is 0 Å². The highest BCUT2D eigenvalue weighted by Crippen LogP contribution is 1.83. The molecule has 0 saturated heterocycles. The Bertz CT molecular complexity index is 123. The summed E-state index contributed by atoms with van der Waals surface area (Å²) in [5, 5.41) is 0. The van der Waals surface area contributed by atoms with Gasteiger partial charge in [-0.05, 0) is 24.5 Å². The lowest BCUT2D eigenvalue weighted by atomic mass is 10.0. The molecule has 0 unspecified atom stereocenters. The molecule has 1 aromatic heterocycles. The Labute approximate surface area is 44.2 Å². The third kappa shape index (κ3) is 0.859. The van der Waals surface area contributed by atoms with E-state index in [9.17, 15) is 0 Å². The van der Waals surface area contributed by atoms with Crippen molar-refractivity contribution in [2.75, 3.05) is 0 Å². The van der Waals surface area contributed by atoms with Crippen LogP contribution in [0.4, 0.5) is 0 Å². The minimum atomic E-state index is 2.00. The molecule has 35 valence electrons. The molecule has 1 rings (SSSR count). The summed E-state index contributed by atoms with van der Waals surface area (Å²) in [5.74, 6) is 0. The number of aromatic nitrogens is 1. The fraction of sp³-hybridized carbons (Fsp3) is 0.200. The first kappa shape index (κ1) is 4.50. The Balaban J connectivity index is 2.76.